The lowest BCUT2D eigenvalue weighted by molar-refractivity contribution is 1.13. The quantitative estimate of drug-likeness (QED) is 0.166. The van der Waals surface area contributed by atoms with Crippen molar-refractivity contribution in [1.82, 2.24) is 13.7 Å². The van der Waals surface area contributed by atoms with Crippen LogP contribution < -0.4 is 0 Å². The summed E-state index contributed by atoms with van der Waals surface area (Å²) in [6.07, 6.45) is 0. The third-order valence-electron chi connectivity index (χ3n) is 9.59. The van der Waals surface area contributed by atoms with Gasteiger partial charge in [0.25, 0.3) is 0 Å². The summed E-state index contributed by atoms with van der Waals surface area (Å²) in [5.74, 6) is 0. The van der Waals surface area contributed by atoms with Crippen molar-refractivity contribution in [2.75, 3.05) is 0 Å². The van der Waals surface area contributed by atoms with E-state index in [1.54, 1.807) is 0 Å². The molecule has 0 saturated carbocycles. The van der Waals surface area contributed by atoms with Crippen LogP contribution in [-0.2, 0) is 0 Å². The molecule has 57 heavy (non-hydrogen) atoms. The maximum Gasteiger partial charge on any atom is 0.0782 e. The van der Waals surface area contributed by atoms with Crippen LogP contribution >= 0.6 is 0 Å². The van der Waals surface area contributed by atoms with E-state index in [0.717, 1.165) is 13.7 Å². The molecule has 0 aliphatic rings. The highest BCUT2D eigenvalue weighted by Crippen LogP contribution is 2.41. The topological polar surface area (TPSA) is 14.8 Å². The number of benzene rings is 9. The molecule has 0 amide bonds. The highest BCUT2D eigenvalue weighted by molar-refractivity contribution is 6.16. The number of aromatic nitrogens is 3. The Morgan fingerprint density at radius 1 is 0.316 bits per heavy atom. The van der Waals surface area contributed by atoms with Gasteiger partial charge in [-0.3, -0.25) is 0 Å². The van der Waals surface area contributed by atoms with E-state index in [9.17, 15) is 17.8 Å². The summed E-state index contributed by atoms with van der Waals surface area (Å²) < 4.78 is 285. The van der Waals surface area contributed by atoms with E-state index in [1.807, 2.05) is 0 Å². The van der Waals surface area contributed by atoms with Crippen LogP contribution in [0.1, 0.15) is 42.5 Å². The van der Waals surface area contributed by atoms with Crippen LogP contribution in [0.5, 0.6) is 0 Å². The monoisotopic (exact) mass is 756 g/mol. The van der Waals surface area contributed by atoms with Crippen LogP contribution in [0, 0.1) is 0 Å². The van der Waals surface area contributed by atoms with E-state index in [1.165, 1.54) is 24.3 Å². The average molecular weight is 757 g/mol. The maximum absolute atomic E-state index is 10.5. The second-order valence-electron chi connectivity index (χ2n) is 12.6. The van der Waals surface area contributed by atoms with Gasteiger partial charge in [-0.05, 0) is 82.7 Å². The first-order valence-electron chi connectivity index (χ1n) is 32.6. The molecule has 0 unspecified atom stereocenters. The van der Waals surface area contributed by atoms with Crippen LogP contribution in [0.15, 0.2) is 212 Å². The minimum absolute atomic E-state index is 0.164. The fourth-order valence-corrected chi connectivity index (χ4v) is 7.24. The molecule has 0 atom stereocenters. The number of fused-ring (bicyclic) bond motifs is 9. The summed E-state index contributed by atoms with van der Waals surface area (Å²) in [5.41, 5.74) is -7.39. The van der Waals surface area contributed by atoms with Crippen molar-refractivity contribution < 1.29 is 42.5 Å². The fraction of sp³-hybridized carbons (Fsp3) is 0. The van der Waals surface area contributed by atoms with Crippen molar-refractivity contribution in [2.45, 2.75) is 0 Å². The summed E-state index contributed by atoms with van der Waals surface area (Å²) >= 11 is 0. The van der Waals surface area contributed by atoms with E-state index in [0.29, 0.717) is 0 Å². The summed E-state index contributed by atoms with van der Waals surface area (Å²) in [4.78, 5) is 0. The third-order valence-corrected chi connectivity index (χ3v) is 9.59. The Balaban J connectivity index is 1.31. The van der Waals surface area contributed by atoms with Crippen LogP contribution in [0.2, 0.25) is 0 Å². The molecule has 266 valence electrons. The number of para-hydroxylation sites is 5. The second-order valence-corrected chi connectivity index (χ2v) is 12.6. The number of rotatable bonds is 5. The molecule has 0 saturated heterocycles. The lowest BCUT2D eigenvalue weighted by Gasteiger charge is -2.15. The van der Waals surface area contributed by atoms with Gasteiger partial charge in [-0.2, -0.15) is 0 Å². The van der Waals surface area contributed by atoms with Crippen molar-refractivity contribution >= 4 is 65.4 Å². The Labute approximate surface area is 373 Å². The third kappa shape index (κ3) is 4.79. The Morgan fingerprint density at radius 2 is 0.825 bits per heavy atom. The Bertz CT molecular complexity index is 5240. The number of hydrogen-bond donors (Lipinski definition) is 0. The van der Waals surface area contributed by atoms with Crippen molar-refractivity contribution in [2.24, 2.45) is 0 Å². The molecular weight excluding hydrogens is 691 g/mol. The van der Waals surface area contributed by atoms with Gasteiger partial charge in [-0.25, -0.2) is 0 Å². The number of hydrogen-bond acceptors (Lipinski definition) is 0. The molecule has 0 spiro atoms. The van der Waals surface area contributed by atoms with Gasteiger partial charge >= 0.3 is 0 Å². The predicted octanol–water partition coefficient (Wildman–Crippen LogP) is 14.3. The minimum Gasteiger partial charge on any atom is -0.309 e. The first-order valence-corrected chi connectivity index (χ1v) is 17.1. The highest BCUT2D eigenvalue weighted by atomic mass is 15.1. The molecule has 0 radical (unpaired) electrons. The van der Waals surface area contributed by atoms with Gasteiger partial charge in [-0.1, -0.05) is 151 Å². The van der Waals surface area contributed by atoms with Crippen molar-refractivity contribution in [3.05, 3.63) is 212 Å². The van der Waals surface area contributed by atoms with E-state index in [-0.39, 0.29) is 11.3 Å². The molecule has 0 fully saturated rings. The summed E-state index contributed by atoms with van der Waals surface area (Å²) in [6, 6.07) is -22.0. The molecule has 3 nitrogen and oxygen atoms in total. The van der Waals surface area contributed by atoms with Crippen LogP contribution in [0.25, 0.3) is 105 Å². The molecule has 12 aromatic rings. The molecule has 0 aliphatic carbocycles. The van der Waals surface area contributed by atoms with Crippen LogP contribution in [-0.4, -0.2) is 13.7 Å². The Kier molecular flexibility index (Phi) is 3.02. The molecule has 0 N–H and O–H groups in total. The largest absolute Gasteiger partial charge is 0.309 e. The molecule has 0 bridgehead atoms. The predicted molar refractivity (Wildman–Crippen MR) is 240 cm³/mol. The molecule has 0 aliphatic heterocycles. The molecule has 3 heterocycles. The van der Waals surface area contributed by atoms with Crippen molar-refractivity contribution in [3.8, 4) is 39.3 Å². The Morgan fingerprint density at radius 3 is 1.51 bits per heavy atom. The normalized spacial score (nSPS) is 19.5. The molecule has 12 rings (SSSR count). The molecule has 3 aromatic heterocycles. The second kappa shape index (κ2) is 12.5. The molecule has 9 aromatic carbocycles. The zero-order chi connectivity index (χ0) is 64.4. The first kappa shape index (κ1) is 13.8. The lowest BCUT2D eigenvalue weighted by atomic mass is 9.99. The van der Waals surface area contributed by atoms with E-state index in [2.05, 4.69) is 0 Å². The van der Waals surface area contributed by atoms with Gasteiger partial charge in [0.1, 0.15) is 0 Å². The first-order chi connectivity index (χ1) is 41.2. The van der Waals surface area contributed by atoms with Gasteiger partial charge in [0.05, 0.1) is 81.3 Å². The van der Waals surface area contributed by atoms with Crippen molar-refractivity contribution in [1.29, 1.82) is 0 Å². The summed E-state index contributed by atoms with van der Waals surface area (Å²) in [5, 5.41) is -3.23. The molecule has 3 heteroatoms. The molecular formula is C54H35N3. The van der Waals surface area contributed by atoms with Gasteiger partial charge in [0, 0.05) is 43.7 Å². The van der Waals surface area contributed by atoms with Gasteiger partial charge in [0.15, 0.2) is 0 Å². The summed E-state index contributed by atoms with van der Waals surface area (Å²) in [7, 11) is 0. The minimum atomic E-state index is -1.03. The van der Waals surface area contributed by atoms with E-state index >= 15 is 0 Å². The van der Waals surface area contributed by atoms with Crippen LogP contribution in [0.4, 0.5) is 0 Å². The standard InChI is InChI=1S/C54H35N3/c1-2-15-36(16-3-1)37-17-12-18-38(33-37)39-19-13-20-40(34-39)55-48-26-8-4-23-44(48)46-32-31-41(35-53(46)55)56-49-27-9-7-24-45(49)47-25-14-30-52(54(47)56)57-50-28-10-5-21-42(50)43-22-6-11-29-51(43)57/h1-35H/i1D,2D,3D,4D,5D,6D,7D,8D,9D,10D,11D,12D,14D,15D,16D,17D,18D,21D,22D,23D,24D,25D,26D,27D,28D,29D,30D,31D,32D,33D,35D. The zero-order valence-corrected chi connectivity index (χ0v) is 28.7. The van der Waals surface area contributed by atoms with Crippen LogP contribution in [0.3, 0.4) is 0 Å². The lowest BCUT2D eigenvalue weighted by Crippen LogP contribution is -2.01. The highest BCUT2D eigenvalue weighted by Gasteiger charge is 2.21. The summed E-state index contributed by atoms with van der Waals surface area (Å²) in [6.45, 7) is 0. The SMILES string of the molecule is [2H]c1c([2H])c([2H])c(-c2c([2H])c([2H])c([2H])c(-c3cccc(-n4c5c([2H])c([2H])c([2H])c([2H])c5c5c([2H])c([2H])c(-n6c7c([2H])c([2H])c([2H])c([2H])c7c7c([2H])c([2H])c([2H])c(-n8c9c([2H])c([2H])c([2H])c([2H])c9c9c([2H])c([2H])c([2H])c([2H])c98)c76)c([2H])c54)c3)c2[2H])c([2H])c1[2H]. The average Bonchev–Trinajstić information content (AvgIpc) is 1.56. The fourth-order valence-electron chi connectivity index (χ4n) is 7.24. The maximum atomic E-state index is 10.5. The number of nitrogens with zero attached hydrogens (tertiary/aromatic N) is 3. The van der Waals surface area contributed by atoms with E-state index in [4.69, 9.17) is 24.7 Å². The van der Waals surface area contributed by atoms with Gasteiger partial charge in [0.2, 0.25) is 0 Å². The van der Waals surface area contributed by atoms with E-state index < -0.39 is 281 Å². The Hall–Kier alpha value is -7.62. The van der Waals surface area contributed by atoms with Gasteiger partial charge < -0.3 is 13.7 Å². The smallest absolute Gasteiger partial charge is 0.0782 e. The van der Waals surface area contributed by atoms with Gasteiger partial charge in [-0.15, -0.1) is 0 Å². The van der Waals surface area contributed by atoms with Crippen molar-refractivity contribution in [3.63, 3.8) is 0 Å². The zero-order valence-electron chi connectivity index (χ0n) is 59.7.